The third-order valence-electron chi connectivity index (χ3n) is 4.34. The number of nitrogens with one attached hydrogen (secondary N) is 2. The Kier molecular flexibility index (Phi) is 7.23. The van der Waals surface area contributed by atoms with E-state index in [0.29, 0.717) is 9.47 Å². The van der Waals surface area contributed by atoms with Gasteiger partial charge in [0.15, 0.2) is 0 Å². The molecule has 3 rings (SSSR count). The Morgan fingerprint density at radius 3 is 2.28 bits per heavy atom. The molecule has 0 saturated carbocycles. The zero-order valence-electron chi connectivity index (χ0n) is 15.8. The average molecular weight is 493 g/mol. The van der Waals surface area contributed by atoms with Gasteiger partial charge in [0, 0.05) is 5.69 Å². The first-order valence-corrected chi connectivity index (χ1v) is 12.2. The first kappa shape index (κ1) is 21.7. The minimum atomic E-state index is -3.83. The van der Waals surface area contributed by atoms with Crippen molar-refractivity contribution in [3.05, 3.63) is 81.6 Å². The fourth-order valence-electron chi connectivity index (χ4n) is 2.78. The summed E-state index contributed by atoms with van der Waals surface area (Å²) in [6.45, 7) is 2.06. The molecule has 0 radical (unpaired) electrons. The number of aryl methyl sites for hydroxylation is 1. The number of hydrogen-bond donors (Lipinski definition) is 2. The maximum absolute atomic E-state index is 12.9. The van der Waals surface area contributed by atoms with Gasteiger partial charge in [0.1, 0.15) is 10.3 Å². The standard InChI is InChI=1S/C21H21BrN2O3S2/c1-2-15-8-10-17(11-9-15)23-21(25)18(14-16-6-4-3-5-7-16)24-29(26,27)20-13-12-19(22)28-20/h3-13,18,24H,2,14H2,1H3,(H,23,25). The number of thiophene rings is 1. The second-order valence-corrected chi connectivity index (χ2v) is 10.9. The zero-order valence-corrected chi connectivity index (χ0v) is 19.0. The molecule has 0 aliphatic carbocycles. The summed E-state index contributed by atoms with van der Waals surface area (Å²) in [7, 11) is -3.83. The van der Waals surface area contributed by atoms with Crippen LogP contribution in [0, 0.1) is 0 Å². The second kappa shape index (κ2) is 9.67. The summed E-state index contributed by atoms with van der Waals surface area (Å²) in [6, 6.07) is 19.1. The first-order chi connectivity index (χ1) is 13.9. The SMILES string of the molecule is CCc1ccc(NC(=O)C(Cc2ccccc2)NS(=O)(=O)c2ccc(Br)s2)cc1. The van der Waals surface area contributed by atoms with Gasteiger partial charge in [-0.1, -0.05) is 49.4 Å². The lowest BCUT2D eigenvalue weighted by Gasteiger charge is -2.18. The number of hydrogen-bond acceptors (Lipinski definition) is 4. The number of rotatable bonds is 8. The minimum absolute atomic E-state index is 0.155. The summed E-state index contributed by atoms with van der Waals surface area (Å²) in [4.78, 5) is 12.9. The predicted octanol–water partition coefficient (Wildman–Crippen LogP) is 4.60. The Labute approximate surface area is 183 Å². The molecule has 1 heterocycles. The summed E-state index contributed by atoms with van der Waals surface area (Å²) >= 11 is 4.37. The minimum Gasteiger partial charge on any atom is -0.325 e. The quantitative estimate of drug-likeness (QED) is 0.482. The van der Waals surface area contributed by atoms with Gasteiger partial charge < -0.3 is 5.32 Å². The number of benzene rings is 2. The molecule has 152 valence electrons. The van der Waals surface area contributed by atoms with Crippen LogP contribution in [-0.2, 0) is 27.7 Å². The van der Waals surface area contributed by atoms with Crippen molar-refractivity contribution in [1.29, 1.82) is 0 Å². The van der Waals surface area contributed by atoms with Crippen LogP contribution in [-0.4, -0.2) is 20.4 Å². The van der Waals surface area contributed by atoms with E-state index in [-0.39, 0.29) is 10.6 Å². The number of halogens is 1. The van der Waals surface area contributed by atoms with Gasteiger partial charge in [0.2, 0.25) is 5.91 Å². The molecule has 0 aliphatic heterocycles. The molecule has 0 spiro atoms. The van der Waals surface area contributed by atoms with Crippen molar-refractivity contribution in [3.8, 4) is 0 Å². The lowest BCUT2D eigenvalue weighted by Crippen LogP contribution is -2.45. The van der Waals surface area contributed by atoms with E-state index in [1.54, 1.807) is 6.07 Å². The van der Waals surface area contributed by atoms with E-state index < -0.39 is 22.0 Å². The van der Waals surface area contributed by atoms with Crippen LogP contribution in [0.5, 0.6) is 0 Å². The highest BCUT2D eigenvalue weighted by Crippen LogP contribution is 2.26. The topological polar surface area (TPSA) is 75.3 Å². The van der Waals surface area contributed by atoms with E-state index in [1.165, 1.54) is 6.07 Å². The van der Waals surface area contributed by atoms with Crippen molar-refractivity contribution in [2.75, 3.05) is 5.32 Å². The van der Waals surface area contributed by atoms with E-state index in [0.717, 1.165) is 28.9 Å². The van der Waals surface area contributed by atoms with Crippen molar-refractivity contribution in [3.63, 3.8) is 0 Å². The molecule has 0 saturated heterocycles. The monoisotopic (exact) mass is 492 g/mol. The van der Waals surface area contributed by atoms with Crippen LogP contribution in [0.4, 0.5) is 5.69 Å². The molecule has 1 aromatic heterocycles. The fourth-order valence-corrected chi connectivity index (χ4v) is 6.00. The molecule has 5 nitrogen and oxygen atoms in total. The number of anilines is 1. The molecular formula is C21H21BrN2O3S2. The van der Waals surface area contributed by atoms with E-state index >= 15 is 0 Å². The van der Waals surface area contributed by atoms with E-state index in [1.807, 2.05) is 54.6 Å². The Balaban J connectivity index is 1.82. The number of carbonyl (C=O) groups excluding carboxylic acids is 1. The fraction of sp³-hybridized carbons (Fsp3) is 0.190. The largest absolute Gasteiger partial charge is 0.325 e. The van der Waals surface area contributed by atoms with Crippen LogP contribution in [0.3, 0.4) is 0 Å². The predicted molar refractivity (Wildman–Crippen MR) is 121 cm³/mol. The first-order valence-electron chi connectivity index (χ1n) is 9.09. The second-order valence-electron chi connectivity index (χ2n) is 6.46. The van der Waals surface area contributed by atoms with Crippen molar-refractivity contribution >= 4 is 48.9 Å². The highest BCUT2D eigenvalue weighted by Gasteiger charge is 2.27. The van der Waals surface area contributed by atoms with Crippen LogP contribution in [0.15, 0.2) is 74.7 Å². The van der Waals surface area contributed by atoms with Gasteiger partial charge in [-0.05, 0) is 64.2 Å². The van der Waals surface area contributed by atoms with Gasteiger partial charge in [0.05, 0.1) is 3.79 Å². The summed E-state index contributed by atoms with van der Waals surface area (Å²) in [5.74, 6) is -0.405. The molecule has 0 aliphatic rings. The van der Waals surface area contributed by atoms with Crippen LogP contribution in [0.2, 0.25) is 0 Å². The Morgan fingerprint density at radius 2 is 1.69 bits per heavy atom. The van der Waals surface area contributed by atoms with Crippen LogP contribution >= 0.6 is 27.3 Å². The van der Waals surface area contributed by atoms with E-state index in [2.05, 4.69) is 32.9 Å². The van der Waals surface area contributed by atoms with Gasteiger partial charge in [-0.15, -0.1) is 11.3 Å². The molecular weight excluding hydrogens is 472 g/mol. The molecule has 1 atom stereocenters. The van der Waals surface area contributed by atoms with Gasteiger partial charge in [-0.3, -0.25) is 4.79 Å². The number of carbonyl (C=O) groups is 1. The smallest absolute Gasteiger partial charge is 0.250 e. The molecule has 1 unspecified atom stereocenters. The van der Waals surface area contributed by atoms with Crippen LogP contribution < -0.4 is 10.0 Å². The number of amides is 1. The zero-order chi connectivity index (χ0) is 20.9. The van der Waals surface area contributed by atoms with Crippen molar-refractivity contribution < 1.29 is 13.2 Å². The third-order valence-corrected chi connectivity index (χ3v) is 7.93. The van der Waals surface area contributed by atoms with Crippen molar-refractivity contribution in [2.45, 2.75) is 30.0 Å². The molecule has 0 bridgehead atoms. The maximum Gasteiger partial charge on any atom is 0.250 e. The van der Waals surface area contributed by atoms with Crippen LogP contribution in [0.25, 0.3) is 0 Å². The third kappa shape index (κ3) is 5.99. The lowest BCUT2D eigenvalue weighted by molar-refractivity contribution is -0.117. The maximum atomic E-state index is 12.9. The van der Waals surface area contributed by atoms with Crippen LogP contribution in [0.1, 0.15) is 18.1 Å². The molecule has 1 amide bonds. The molecule has 2 aromatic carbocycles. The van der Waals surface area contributed by atoms with Gasteiger partial charge in [-0.25, -0.2) is 8.42 Å². The van der Waals surface area contributed by atoms with Gasteiger partial charge >= 0.3 is 0 Å². The van der Waals surface area contributed by atoms with Gasteiger partial charge in [0.25, 0.3) is 10.0 Å². The van der Waals surface area contributed by atoms with E-state index in [9.17, 15) is 13.2 Å². The Hall–Kier alpha value is -2.00. The summed E-state index contributed by atoms with van der Waals surface area (Å²) in [5, 5.41) is 2.82. The summed E-state index contributed by atoms with van der Waals surface area (Å²) < 4.78 is 29.0. The molecule has 0 fully saturated rings. The van der Waals surface area contributed by atoms with Crippen molar-refractivity contribution in [2.24, 2.45) is 0 Å². The number of sulfonamides is 1. The summed E-state index contributed by atoms with van der Waals surface area (Å²) in [5.41, 5.74) is 2.65. The summed E-state index contributed by atoms with van der Waals surface area (Å²) in [6.07, 6.45) is 1.15. The molecule has 8 heteroatoms. The average Bonchev–Trinajstić information content (AvgIpc) is 3.16. The normalized spacial score (nSPS) is 12.5. The molecule has 2 N–H and O–H groups in total. The lowest BCUT2D eigenvalue weighted by atomic mass is 10.1. The van der Waals surface area contributed by atoms with Gasteiger partial charge in [-0.2, -0.15) is 4.72 Å². The van der Waals surface area contributed by atoms with E-state index in [4.69, 9.17) is 0 Å². The molecule has 29 heavy (non-hydrogen) atoms. The van der Waals surface area contributed by atoms with Crippen molar-refractivity contribution in [1.82, 2.24) is 4.72 Å². The molecule has 3 aromatic rings. The highest BCUT2D eigenvalue weighted by atomic mass is 79.9. The Morgan fingerprint density at radius 1 is 1.00 bits per heavy atom. The Bertz CT molecular complexity index is 1060. The highest BCUT2D eigenvalue weighted by molar-refractivity contribution is 9.11.